The molecule has 3 heteroatoms. The van der Waals surface area contributed by atoms with Gasteiger partial charge in [-0.25, -0.2) is 4.39 Å². The molecule has 1 N–H and O–H groups in total. The lowest BCUT2D eigenvalue weighted by molar-refractivity contribution is 0.623. The molecule has 1 aliphatic heterocycles. The molecule has 0 bridgehead atoms. The van der Waals surface area contributed by atoms with Gasteiger partial charge < -0.3 is 5.32 Å². The molecular weight excluding hydrogens is 179 g/mol. The van der Waals surface area contributed by atoms with Crippen LogP contribution in [0.1, 0.15) is 18.1 Å². The quantitative estimate of drug-likeness (QED) is 0.721. The molecule has 1 unspecified atom stereocenters. The SMILES string of the molecule is Cc1ccc(F)c(C2=NCC(C)N2)c1. The molecule has 14 heavy (non-hydrogen) atoms. The van der Waals surface area contributed by atoms with Crippen LogP contribution >= 0.6 is 0 Å². The third-order valence-electron chi connectivity index (χ3n) is 2.28. The largest absolute Gasteiger partial charge is 0.365 e. The highest BCUT2D eigenvalue weighted by Crippen LogP contribution is 2.12. The molecule has 1 aliphatic rings. The average Bonchev–Trinajstić information content (AvgIpc) is 2.56. The molecule has 0 amide bonds. The molecule has 0 fully saturated rings. The van der Waals surface area contributed by atoms with Crippen LogP contribution in [0.5, 0.6) is 0 Å². The molecule has 1 atom stereocenters. The zero-order chi connectivity index (χ0) is 10.1. The monoisotopic (exact) mass is 192 g/mol. The van der Waals surface area contributed by atoms with Crippen molar-refractivity contribution in [1.82, 2.24) is 5.32 Å². The number of aryl methyl sites for hydroxylation is 1. The Bertz CT molecular complexity index is 385. The summed E-state index contributed by atoms with van der Waals surface area (Å²) in [5, 5.41) is 3.15. The Balaban J connectivity index is 2.36. The Kier molecular flexibility index (Phi) is 2.23. The molecule has 0 saturated heterocycles. The number of benzene rings is 1. The topological polar surface area (TPSA) is 24.4 Å². The molecule has 74 valence electrons. The normalized spacial score (nSPS) is 20.5. The smallest absolute Gasteiger partial charge is 0.134 e. The van der Waals surface area contributed by atoms with Gasteiger partial charge in [0.15, 0.2) is 0 Å². The molecule has 2 rings (SSSR count). The van der Waals surface area contributed by atoms with E-state index in [-0.39, 0.29) is 5.82 Å². The molecule has 1 aromatic carbocycles. The van der Waals surface area contributed by atoms with Gasteiger partial charge in [0.25, 0.3) is 0 Å². The van der Waals surface area contributed by atoms with E-state index in [1.165, 1.54) is 6.07 Å². The molecule has 0 aliphatic carbocycles. The van der Waals surface area contributed by atoms with Crippen molar-refractivity contribution in [1.29, 1.82) is 0 Å². The highest BCUT2D eigenvalue weighted by Gasteiger charge is 2.17. The summed E-state index contributed by atoms with van der Waals surface area (Å²) in [7, 11) is 0. The van der Waals surface area contributed by atoms with Crippen LogP contribution in [0.25, 0.3) is 0 Å². The highest BCUT2D eigenvalue weighted by molar-refractivity contribution is 6.00. The second-order valence-electron chi connectivity index (χ2n) is 3.72. The zero-order valence-corrected chi connectivity index (χ0v) is 8.34. The Hall–Kier alpha value is -1.38. The third-order valence-corrected chi connectivity index (χ3v) is 2.28. The van der Waals surface area contributed by atoms with Gasteiger partial charge in [-0.05, 0) is 26.0 Å². The maximum absolute atomic E-state index is 13.4. The minimum absolute atomic E-state index is 0.212. The summed E-state index contributed by atoms with van der Waals surface area (Å²) in [5.74, 6) is 0.467. The van der Waals surface area contributed by atoms with Crippen molar-refractivity contribution < 1.29 is 4.39 Å². The Morgan fingerprint density at radius 3 is 2.93 bits per heavy atom. The van der Waals surface area contributed by atoms with E-state index in [4.69, 9.17) is 0 Å². The molecule has 1 aromatic rings. The van der Waals surface area contributed by atoms with Crippen LogP contribution in [-0.2, 0) is 0 Å². The van der Waals surface area contributed by atoms with E-state index in [2.05, 4.69) is 10.3 Å². The molecule has 0 spiro atoms. The average molecular weight is 192 g/mol. The number of nitrogens with zero attached hydrogens (tertiary/aromatic N) is 1. The summed E-state index contributed by atoms with van der Waals surface area (Å²) in [6.45, 7) is 4.70. The molecule has 0 saturated carbocycles. The summed E-state index contributed by atoms with van der Waals surface area (Å²) < 4.78 is 13.4. The summed E-state index contributed by atoms with van der Waals surface area (Å²) in [6, 6.07) is 5.37. The number of aliphatic imine (C=N–C) groups is 1. The highest BCUT2D eigenvalue weighted by atomic mass is 19.1. The second kappa shape index (κ2) is 3.40. The lowest BCUT2D eigenvalue weighted by Crippen LogP contribution is -2.28. The van der Waals surface area contributed by atoms with E-state index in [1.54, 1.807) is 6.07 Å². The van der Waals surface area contributed by atoms with Crippen molar-refractivity contribution in [2.45, 2.75) is 19.9 Å². The fraction of sp³-hybridized carbons (Fsp3) is 0.364. The van der Waals surface area contributed by atoms with Crippen LogP contribution in [0.15, 0.2) is 23.2 Å². The number of nitrogens with one attached hydrogen (secondary N) is 1. The van der Waals surface area contributed by atoms with Gasteiger partial charge in [0.05, 0.1) is 12.1 Å². The summed E-state index contributed by atoms with van der Waals surface area (Å²) in [5.41, 5.74) is 1.62. The zero-order valence-electron chi connectivity index (χ0n) is 8.34. The maximum atomic E-state index is 13.4. The van der Waals surface area contributed by atoms with Crippen molar-refractivity contribution in [2.24, 2.45) is 4.99 Å². The van der Waals surface area contributed by atoms with Gasteiger partial charge >= 0.3 is 0 Å². The maximum Gasteiger partial charge on any atom is 0.134 e. The number of hydrogen-bond donors (Lipinski definition) is 1. The van der Waals surface area contributed by atoms with Crippen molar-refractivity contribution in [3.63, 3.8) is 0 Å². The number of rotatable bonds is 1. The second-order valence-corrected chi connectivity index (χ2v) is 3.72. The lowest BCUT2D eigenvalue weighted by atomic mass is 10.1. The first-order valence-corrected chi connectivity index (χ1v) is 4.74. The predicted molar refractivity (Wildman–Crippen MR) is 55.1 cm³/mol. The van der Waals surface area contributed by atoms with E-state index >= 15 is 0 Å². The van der Waals surface area contributed by atoms with Gasteiger partial charge in [-0.3, -0.25) is 4.99 Å². The lowest BCUT2D eigenvalue weighted by Gasteiger charge is -2.07. The molecule has 0 aromatic heterocycles. The minimum Gasteiger partial charge on any atom is -0.365 e. The van der Waals surface area contributed by atoms with Gasteiger partial charge in [0, 0.05) is 6.04 Å². The van der Waals surface area contributed by atoms with E-state index < -0.39 is 0 Å². The number of amidine groups is 1. The summed E-state index contributed by atoms with van der Waals surface area (Å²) in [6.07, 6.45) is 0. The standard InChI is InChI=1S/C11H13FN2/c1-7-3-4-10(12)9(5-7)11-13-6-8(2)14-11/h3-5,8H,6H2,1-2H3,(H,13,14). The first kappa shape index (κ1) is 9.19. The van der Waals surface area contributed by atoms with Gasteiger partial charge in [0.1, 0.15) is 11.7 Å². The van der Waals surface area contributed by atoms with Crippen molar-refractivity contribution >= 4 is 5.84 Å². The molecular formula is C11H13FN2. The summed E-state index contributed by atoms with van der Waals surface area (Å²) in [4.78, 5) is 4.25. The first-order chi connectivity index (χ1) is 6.66. The van der Waals surface area contributed by atoms with Gasteiger partial charge in [-0.15, -0.1) is 0 Å². The van der Waals surface area contributed by atoms with E-state index in [9.17, 15) is 4.39 Å². The molecule has 0 radical (unpaired) electrons. The van der Waals surface area contributed by atoms with Gasteiger partial charge in [-0.1, -0.05) is 11.6 Å². The van der Waals surface area contributed by atoms with E-state index in [1.807, 2.05) is 19.9 Å². The van der Waals surface area contributed by atoms with Crippen LogP contribution in [0, 0.1) is 12.7 Å². The molecule has 1 heterocycles. The van der Waals surface area contributed by atoms with Crippen LogP contribution in [0.3, 0.4) is 0 Å². The first-order valence-electron chi connectivity index (χ1n) is 4.74. The van der Waals surface area contributed by atoms with Crippen LogP contribution in [0.2, 0.25) is 0 Å². The van der Waals surface area contributed by atoms with Crippen molar-refractivity contribution in [3.8, 4) is 0 Å². The summed E-state index contributed by atoms with van der Waals surface area (Å²) >= 11 is 0. The van der Waals surface area contributed by atoms with E-state index in [0.29, 0.717) is 17.4 Å². The molecule has 2 nitrogen and oxygen atoms in total. The fourth-order valence-electron chi connectivity index (χ4n) is 1.54. The van der Waals surface area contributed by atoms with Crippen LogP contribution < -0.4 is 5.32 Å². The Morgan fingerprint density at radius 2 is 2.29 bits per heavy atom. The number of hydrogen-bond acceptors (Lipinski definition) is 2. The Labute approximate surface area is 82.9 Å². The van der Waals surface area contributed by atoms with E-state index in [0.717, 1.165) is 12.1 Å². The van der Waals surface area contributed by atoms with Crippen LogP contribution in [0.4, 0.5) is 4.39 Å². The Morgan fingerprint density at radius 1 is 1.50 bits per heavy atom. The van der Waals surface area contributed by atoms with Crippen molar-refractivity contribution in [3.05, 3.63) is 35.1 Å². The van der Waals surface area contributed by atoms with Crippen molar-refractivity contribution in [2.75, 3.05) is 6.54 Å². The predicted octanol–water partition coefficient (Wildman–Crippen LogP) is 1.87. The third kappa shape index (κ3) is 1.62. The fourth-order valence-corrected chi connectivity index (χ4v) is 1.54. The van der Waals surface area contributed by atoms with Gasteiger partial charge in [-0.2, -0.15) is 0 Å². The van der Waals surface area contributed by atoms with Gasteiger partial charge in [0.2, 0.25) is 0 Å². The van der Waals surface area contributed by atoms with Crippen LogP contribution in [-0.4, -0.2) is 18.4 Å². The number of halogens is 1. The minimum atomic E-state index is -0.212.